The van der Waals surface area contributed by atoms with E-state index in [1.165, 1.54) is 12.2 Å². The van der Waals surface area contributed by atoms with Crippen molar-refractivity contribution in [1.29, 1.82) is 10.5 Å². The molecule has 0 saturated heterocycles. The molecule has 1 N–H and O–H groups in total. The standard InChI is InChI=1S/C17H10BrN3O2/c18-16-7-5-15(23-16)6-8-17(22)21-14-3-1-12(2-4-14)9-13(10-19)11-20/h1-9H,(H,21,22)/b8-6+. The fraction of sp³-hybridized carbons (Fsp3) is 0. The zero-order chi connectivity index (χ0) is 16.7. The maximum Gasteiger partial charge on any atom is 0.248 e. The highest BCUT2D eigenvalue weighted by Crippen LogP contribution is 2.15. The first-order valence-electron chi connectivity index (χ1n) is 6.47. The molecule has 2 aromatic rings. The first-order chi connectivity index (χ1) is 11.1. The summed E-state index contributed by atoms with van der Waals surface area (Å²) in [7, 11) is 0. The van der Waals surface area contributed by atoms with Gasteiger partial charge in [0.1, 0.15) is 23.5 Å². The van der Waals surface area contributed by atoms with Crippen LogP contribution in [0.2, 0.25) is 0 Å². The second kappa shape index (κ2) is 7.79. The van der Waals surface area contributed by atoms with Crippen LogP contribution in [0.25, 0.3) is 12.2 Å². The number of rotatable bonds is 4. The predicted octanol–water partition coefficient (Wildman–Crippen LogP) is 4.12. The van der Waals surface area contributed by atoms with Gasteiger partial charge >= 0.3 is 0 Å². The third-order valence-electron chi connectivity index (χ3n) is 2.72. The molecule has 5 nitrogen and oxygen atoms in total. The molecule has 0 spiro atoms. The molecule has 1 heterocycles. The molecule has 2 rings (SSSR count). The van der Waals surface area contributed by atoms with E-state index < -0.39 is 0 Å². The Labute approximate surface area is 141 Å². The van der Waals surface area contributed by atoms with E-state index in [0.29, 0.717) is 21.7 Å². The molecule has 0 radical (unpaired) electrons. The summed E-state index contributed by atoms with van der Waals surface area (Å²) in [5.74, 6) is 0.267. The second-order valence-electron chi connectivity index (χ2n) is 4.37. The fourth-order valence-corrected chi connectivity index (χ4v) is 2.00. The minimum absolute atomic E-state index is 0.0225. The Bertz CT molecular complexity index is 833. The quantitative estimate of drug-likeness (QED) is 0.649. The lowest BCUT2D eigenvalue weighted by atomic mass is 10.1. The summed E-state index contributed by atoms with van der Waals surface area (Å²) >= 11 is 3.18. The monoisotopic (exact) mass is 367 g/mol. The lowest BCUT2D eigenvalue weighted by Gasteiger charge is -2.02. The van der Waals surface area contributed by atoms with Gasteiger partial charge in [0.2, 0.25) is 5.91 Å². The smallest absolute Gasteiger partial charge is 0.248 e. The number of anilines is 1. The van der Waals surface area contributed by atoms with Gasteiger partial charge in [-0.25, -0.2) is 0 Å². The third-order valence-corrected chi connectivity index (χ3v) is 3.15. The maximum absolute atomic E-state index is 11.8. The zero-order valence-electron chi connectivity index (χ0n) is 11.8. The minimum Gasteiger partial charge on any atom is -0.450 e. The highest BCUT2D eigenvalue weighted by atomic mass is 79.9. The van der Waals surface area contributed by atoms with Crippen LogP contribution >= 0.6 is 15.9 Å². The van der Waals surface area contributed by atoms with Crippen molar-refractivity contribution in [2.45, 2.75) is 0 Å². The van der Waals surface area contributed by atoms with Crippen molar-refractivity contribution in [1.82, 2.24) is 0 Å². The van der Waals surface area contributed by atoms with Crippen LogP contribution in [0.3, 0.4) is 0 Å². The molecule has 112 valence electrons. The number of nitrogens with one attached hydrogen (secondary N) is 1. The molecule has 1 amide bonds. The van der Waals surface area contributed by atoms with E-state index in [1.54, 1.807) is 54.6 Å². The van der Waals surface area contributed by atoms with E-state index in [0.717, 1.165) is 0 Å². The van der Waals surface area contributed by atoms with Crippen LogP contribution in [0.1, 0.15) is 11.3 Å². The van der Waals surface area contributed by atoms with Gasteiger partial charge in [-0.15, -0.1) is 0 Å². The first-order valence-corrected chi connectivity index (χ1v) is 7.26. The van der Waals surface area contributed by atoms with E-state index in [4.69, 9.17) is 14.9 Å². The number of halogens is 1. The molecule has 23 heavy (non-hydrogen) atoms. The Morgan fingerprint density at radius 1 is 1.13 bits per heavy atom. The number of amides is 1. The fourth-order valence-electron chi connectivity index (χ4n) is 1.68. The number of hydrogen-bond donors (Lipinski definition) is 1. The maximum atomic E-state index is 11.8. The van der Waals surface area contributed by atoms with E-state index in [-0.39, 0.29) is 11.5 Å². The van der Waals surface area contributed by atoms with Gasteiger partial charge in [0.25, 0.3) is 0 Å². The number of carbonyl (C=O) groups is 1. The largest absolute Gasteiger partial charge is 0.450 e. The highest BCUT2D eigenvalue weighted by molar-refractivity contribution is 9.10. The van der Waals surface area contributed by atoms with E-state index in [1.807, 2.05) is 0 Å². The molecule has 1 aromatic carbocycles. The summed E-state index contributed by atoms with van der Waals surface area (Å²) in [6, 6.07) is 13.8. The number of nitrogens with zero attached hydrogens (tertiary/aromatic N) is 2. The third kappa shape index (κ3) is 4.99. The van der Waals surface area contributed by atoms with E-state index in [9.17, 15) is 4.79 Å². The van der Waals surface area contributed by atoms with Crippen LogP contribution in [-0.4, -0.2) is 5.91 Å². The van der Waals surface area contributed by atoms with Crippen molar-refractivity contribution in [3.05, 3.63) is 64.0 Å². The van der Waals surface area contributed by atoms with Crippen LogP contribution in [0.15, 0.2) is 57.1 Å². The number of allylic oxidation sites excluding steroid dienone is 1. The molecule has 0 unspecified atom stereocenters. The zero-order valence-corrected chi connectivity index (χ0v) is 13.4. The molecule has 1 aromatic heterocycles. The summed E-state index contributed by atoms with van der Waals surface area (Å²) < 4.78 is 5.84. The van der Waals surface area contributed by atoms with Gasteiger partial charge in [0.15, 0.2) is 4.67 Å². The average Bonchev–Trinajstić information content (AvgIpc) is 2.98. The van der Waals surface area contributed by atoms with Crippen LogP contribution in [-0.2, 0) is 4.79 Å². The van der Waals surface area contributed by atoms with E-state index >= 15 is 0 Å². The van der Waals surface area contributed by atoms with Crippen molar-refractivity contribution in [2.75, 3.05) is 5.32 Å². The summed E-state index contributed by atoms with van der Waals surface area (Å²) in [5.41, 5.74) is 1.33. The summed E-state index contributed by atoms with van der Waals surface area (Å²) in [4.78, 5) is 11.8. The normalized spacial score (nSPS) is 9.87. The van der Waals surface area contributed by atoms with Crippen molar-refractivity contribution < 1.29 is 9.21 Å². The van der Waals surface area contributed by atoms with Gasteiger partial charge in [-0.3, -0.25) is 4.79 Å². The SMILES string of the molecule is N#CC(C#N)=Cc1ccc(NC(=O)/C=C/c2ccc(Br)o2)cc1. The van der Waals surface area contributed by atoms with Gasteiger partial charge < -0.3 is 9.73 Å². The molecule has 0 aliphatic heterocycles. The van der Waals surface area contributed by atoms with Crippen molar-refractivity contribution >= 4 is 39.7 Å². The van der Waals surface area contributed by atoms with Crippen LogP contribution < -0.4 is 5.32 Å². The lowest BCUT2D eigenvalue weighted by Crippen LogP contribution is -2.07. The number of carbonyl (C=O) groups excluding carboxylic acids is 1. The average molecular weight is 368 g/mol. The second-order valence-corrected chi connectivity index (χ2v) is 5.15. The Balaban J connectivity index is 2.00. The molecule has 0 atom stereocenters. The number of nitriles is 2. The highest BCUT2D eigenvalue weighted by Gasteiger charge is 2.00. The van der Waals surface area contributed by atoms with Crippen LogP contribution in [0.4, 0.5) is 5.69 Å². The van der Waals surface area contributed by atoms with Gasteiger partial charge in [0, 0.05) is 11.8 Å². The number of benzene rings is 1. The summed E-state index contributed by atoms with van der Waals surface area (Å²) in [5, 5.41) is 20.1. The molecule has 0 aliphatic carbocycles. The first kappa shape index (κ1) is 16.3. The van der Waals surface area contributed by atoms with Gasteiger partial charge in [0.05, 0.1) is 0 Å². The van der Waals surface area contributed by atoms with Gasteiger partial charge in [-0.1, -0.05) is 12.1 Å². The molecule has 0 fully saturated rings. The predicted molar refractivity (Wildman–Crippen MR) is 89.7 cm³/mol. The Morgan fingerprint density at radius 2 is 1.83 bits per heavy atom. The van der Waals surface area contributed by atoms with Crippen LogP contribution in [0, 0.1) is 22.7 Å². The summed E-state index contributed by atoms with van der Waals surface area (Å²) in [6.45, 7) is 0. The van der Waals surface area contributed by atoms with Crippen molar-refractivity contribution in [3.8, 4) is 12.1 Å². The molecule has 6 heteroatoms. The summed E-state index contributed by atoms with van der Waals surface area (Å²) in [6.07, 6.45) is 4.39. The van der Waals surface area contributed by atoms with Crippen molar-refractivity contribution in [3.63, 3.8) is 0 Å². The van der Waals surface area contributed by atoms with E-state index in [2.05, 4.69) is 21.2 Å². The topological polar surface area (TPSA) is 89.8 Å². The number of furan rings is 1. The van der Waals surface area contributed by atoms with Crippen LogP contribution in [0.5, 0.6) is 0 Å². The Hall–Kier alpha value is -3.09. The Morgan fingerprint density at radius 3 is 2.39 bits per heavy atom. The molecule has 0 bridgehead atoms. The number of hydrogen-bond acceptors (Lipinski definition) is 4. The van der Waals surface area contributed by atoms with Crippen molar-refractivity contribution in [2.24, 2.45) is 0 Å². The molecule has 0 saturated carbocycles. The molecule has 0 aliphatic rings. The minimum atomic E-state index is -0.296. The van der Waals surface area contributed by atoms with Gasteiger partial charge in [-0.2, -0.15) is 10.5 Å². The Kier molecular flexibility index (Phi) is 5.51. The lowest BCUT2D eigenvalue weighted by molar-refractivity contribution is -0.111. The molecular weight excluding hydrogens is 358 g/mol. The molecular formula is C17H10BrN3O2. The van der Waals surface area contributed by atoms with Gasteiger partial charge in [-0.05, 0) is 57.9 Å².